The quantitative estimate of drug-likeness (QED) is 0.417. The van der Waals surface area contributed by atoms with Crippen LogP contribution in [0.3, 0.4) is 0 Å². The molecule has 1 fully saturated rings. The number of thiazole rings is 1. The summed E-state index contributed by atoms with van der Waals surface area (Å²) in [5.41, 5.74) is 2.56. The molecule has 0 radical (unpaired) electrons. The number of rotatable bonds is 8. The van der Waals surface area contributed by atoms with Gasteiger partial charge in [0.25, 0.3) is 0 Å². The summed E-state index contributed by atoms with van der Waals surface area (Å²) >= 11 is 1.62. The van der Waals surface area contributed by atoms with E-state index in [1.807, 2.05) is 12.2 Å². The van der Waals surface area contributed by atoms with Crippen molar-refractivity contribution in [2.45, 2.75) is 58.4 Å². The second kappa shape index (κ2) is 10.8. The molecule has 1 heterocycles. The molecule has 1 aromatic rings. The number of carbonyl (C=O) groups is 1. The summed E-state index contributed by atoms with van der Waals surface area (Å²) in [6.45, 7) is 11.9. The summed E-state index contributed by atoms with van der Waals surface area (Å²) in [6.07, 6.45) is 15.4. The number of allylic oxidation sites excluding steroid dienone is 4. The van der Waals surface area contributed by atoms with Crippen LogP contribution < -0.4 is 15.2 Å². The lowest BCUT2D eigenvalue weighted by molar-refractivity contribution is -0.102. The molecular formula is C22H29N3OS. The van der Waals surface area contributed by atoms with E-state index in [0.717, 1.165) is 33.3 Å². The van der Waals surface area contributed by atoms with E-state index in [4.69, 9.17) is 4.98 Å². The summed E-state index contributed by atoms with van der Waals surface area (Å²) in [4.78, 5) is 19.2. The second-order valence-electron chi connectivity index (χ2n) is 7.03. The highest BCUT2D eigenvalue weighted by molar-refractivity contribution is 7.13. The largest absolute Gasteiger partial charge is 0.359 e. The minimum absolute atomic E-state index is 0.448. The molecule has 2 rings (SSSR count). The highest BCUT2D eigenvalue weighted by atomic mass is 32.1. The van der Waals surface area contributed by atoms with Crippen molar-refractivity contribution in [3.63, 3.8) is 0 Å². The number of hydrogen-bond donors (Lipinski definition) is 1. The first-order chi connectivity index (χ1) is 13.0. The van der Waals surface area contributed by atoms with Gasteiger partial charge in [-0.3, -0.25) is 9.79 Å². The minimum atomic E-state index is 0.448. The van der Waals surface area contributed by atoms with Gasteiger partial charge in [0.15, 0.2) is 11.4 Å². The average molecular weight is 384 g/mol. The summed E-state index contributed by atoms with van der Waals surface area (Å²) < 4.78 is 0.981. The van der Waals surface area contributed by atoms with Gasteiger partial charge in [0.05, 0.1) is 11.1 Å². The van der Waals surface area contributed by atoms with Crippen molar-refractivity contribution in [2.24, 2.45) is 4.99 Å². The standard InChI is InChI=1S/C22H29N3OS/c1-16(14-17(2)12-13-23-18(3)15-26)10-11-21-19(4)27-22(25-21)24-20-8-6-5-7-9-20/h10-13,15,20H,2,4-9,14H2,1,3H3,(H,24,25)/b13-12-,16-10+,21-11+,23-18?. The van der Waals surface area contributed by atoms with Crippen LogP contribution in [-0.4, -0.2) is 23.0 Å². The zero-order valence-electron chi connectivity index (χ0n) is 16.3. The summed E-state index contributed by atoms with van der Waals surface area (Å²) in [5, 5.41) is 5.46. The Morgan fingerprint density at radius 3 is 2.78 bits per heavy atom. The van der Waals surface area contributed by atoms with E-state index >= 15 is 0 Å². The topological polar surface area (TPSA) is 54.4 Å². The maximum Gasteiger partial charge on any atom is 0.183 e. The monoisotopic (exact) mass is 383 g/mol. The second-order valence-corrected chi connectivity index (χ2v) is 8.11. The lowest BCUT2D eigenvalue weighted by Gasteiger charge is -2.22. The maximum absolute atomic E-state index is 10.5. The molecule has 1 N–H and O–H groups in total. The number of nitrogens with zero attached hydrogens (tertiary/aromatic N) is 2. The zero-order chi connectivity index (χ0) is 19.6. The molecule has 1 aromatic heterocycles. The average Bonchev–Trinajstić information content (AvgIpc) is 2.99. The molecule has 0 aliphatic heterocycles. The molecule has 0 unspecified atom stereocenters. The van der Waals surface area contributed by atoms with E-state index in [-0.39, 0.29) is 0 Å². The maximum atomic E-state index is 10.5. The lowest BCUT2D eigenvalue weighted by Crippen LogP contribution is -2.23. The first-order valence-electron chi connectivity index (χ1n) is 9.41. The van der Waals surface area contributed by atoms with Crippen molar-refractivity contribution in [3.05, 3.63) is 46.0 Å². The molecule has 27 heavy (non-hydrogen) atoms. The number of aldehydes is 1. The van der Waals surface area contributed by atoms with Gasteiger partial charge in [0, 0.05) is 16.8 Å². The number of nitrogens with one attached hydrogen (secondary N) is 1. The van der Waals surface area contributed by atoms with Crippen LogP contribution >= 0.6 is 11.3 Å². The molecule has 144 valence electrons. The van der Waals surface area contributed by atoms with Crippen LogP contribution in [0.15, 0.2) is 41.1 Å². The van der Waals surface area contributed by atoms with Gasteiger partial charge in [-0.25, -0.2) is 4.98 Å². The number of aromatic nitrogens is 1. The summed E-state index contributed by atoms with van der Waals surface area (Å²) in [6, 6.07) is 0.551. The Hall–Kier alpha value is -2.27. The van der Waals surface area contributed by atoms with Gasteiger partial charge in [-0.05, 0) is 50.8 Å². The Morgan fingerprint density at radius 2 is 2.07 bits per heavy atom. The third-order valence-electron chi connectivity index (χ3n) is 4.45. The normalized spacial score (nSPS) is 17.5. The van der Waals surface area contributed by atoms with Crippen molar-refractivity contribution in [1.29, 1.82) is 0 Å². The van der Waals surface area contributed by atoms with E-state index in [2.05, 4.69) is 36.5 Å². The third-order valence-corrected chi connectivity index (χ3v) is 5.31. The van der Waals surface area contributed by atoms with Gasteiger partial charge in [-0.2, -0.15) is 0 Å². The van der Waals surface area contributed by atoms with Gasteiger partial charge < -0.3 is 5.32 Å². The highest BCUT2D eigenvalue weighted by Gasteiger charge is 2.13. The van der Waals surface area contributed by atoms with E-state index < -0.39 is 0 Å². The van der Waals surface area contributed by atoms with Crippen LogP contribution in [0.5, 0.6) is 0 Å². The van der Waals surface area contributed by atoms with Crippen LogP contribution in [0.4, 0.5) is 5.13 Å². The summed E-state index contributed by atoms with van der Waals surface area (Å²) in [5.74, 6) is 0. The Balaban J connectivity index is 1.97. The first-order valence-corrected chi connectivity index (χ1v) is 10.2. The van der Waals surface area contributed by atoms with E-state index in [9.17, 15) is 4.79 Å². The number of carbonyl (C=O) groups excluding carboxylic acids is 1. The number of anilines is 1. The van der Waals surface area contributed by atoms with Crippen molar-refractivity contribution in [2.75, 3.05) is 5.32 Å². The zero-order valence-corrected chi connectivity index (χ0v) is 17.1. The molecule has 1 saturated carbocycles. The van der Waals surface area contributed by atoms with Crippen LogP contribution in [-0.2, 0) is 4.79 Å². The van der Waals surface area contributed by atoms with Gasteiger partial charge in [-0.1, -0.05) is 55.4 Å². The van der Waals surface area contributed by atoms with Crippen molar-refractivity contribution >= 4 is 41.1 Å². The van der Waals surface area contributed by atoms with Gasteiger partial charge in [0.1, 0.15) is 0 Å². The van der Waals surface area contributed by atoms with Gasteiger partial charge >= 0.3 is 0 Å². The molecule has 4 nitrogen and oxygen atoms in total. The minimum Gasteiger partial charge on any atom is -0.359 e. The van der Waals surface area contributed by atoms with Crippen LogP contribution in [0.1, 0.15) is 52.4 Å². The van der Waals surface area contributed by atoms with E-state index in [0.29, 0.717) is 11.8 Å². The SMILES string of the molecule is C=C(/C=C\N=C(C)C=O)C/C(C)=C/C=c1/nc(NC2CCCCC2)sc1=C. The van der Waals surface area contributed by atoms with Gasteiger partial charge in [0.2, 0.25) is 0 Å². The molecule has 0 atom stereocenters. The lowest BCUT2D eigenvalue weighted by atomic mass is 9.96. The van der Waals surface area contributed by atoms with Crippen molar-refractivity contribution in [3.8, 4) is 0 Å². The smallest absolute Gasteiger partial charge is 0.183 e. The summed E-state index contributed by atoms with van der Waals surface area (Å²) in [7, 11) is 0. The fourth-order valence-electron chi connectivity index (χ4n) is 2.96. The Labute approximate surface area is 165 Å². The predicted octanol–water partition coefficient (Wildman–Crippen LogP) is 4.14. The van der Waals surface area contributed by atoms with E-state index in [1.54, 1.807) is 24.5 Å². The van der Waals surface area contributed by atoms with Crippen LogP contribution in [0.2, 0.25) is 0 Å². The van der Waals surface area contributed by atoms with Crippen molar-refractivity contribution in [1.82, 2.24) is 4.98 Å². The Bertz CT molecular complexity index is 855. The molecule has 0 aromatic carbocycles. The van der Waals surface area contributed by atoms with Crippen LogP contribution in [0, 0.1) is 0 Å². The Kier molecular flexibility index (Phi) is 8.40. The van der Waals surface area contributed by atoms with Crippen molar-refractivity contribution < 1.29 is 4.79 Å². The Morgan fingerprint density at radius 1 is 1.33 bits per heavy atom. The molecule has 5 heteroatoms. The molecule has 0 spiro atoms. The molecular weight excluding hydrogens is 354 g/mol. The fourth-order valence-corrected chi connectivity index (χ4v) is 3.79. The fraction of sp³-hybridized carbons (Fsp3) is 0.409. The van der Waals surface area contributed by atoms with Crippen LogP contribution in [0.25, 0.3) is 12.7 Å². The number of hydrogen-bond acceptors (Lipinski definition) is 5. The first kappa shape index (κ1) is 21.0. The molecule has 1 aliphatic rings. The van der Waals surface area contributed by atoms with E-state index in [1.165, 1.54) is 37.7 Å². The third kappa shape index (κ3) is 7.47. The number of aliphatic imine (C=N–C) groups is 1. The molecule has 0 amide bonds. The predicted molar refractivity (Wildman–Crippen MR) is 118 cm³/mol. The molecule has 0 bridgehead atoms. The molecule has 1 aliphatic carbocycles. The molecule has 0 saturated heterocycles. The van der Waals surface area contributed by atoms with Gasteiger partial charge in [-0.15, -0.1) is 0 Å². The highest BCUT2D eigenvalue weighted by Crippen LogP contribution is 2.21.